The van der Waals surface area contributed by atoms with Gasteiger partial charge in [0.25, 0.3) is 0 Å². The van der Waals surface area contributed by atoms with Crippen molar-refractivity contribution in [1.82, 2.24) is 0 Å². The quantitative estimate of drug-likeness (QED) is 0.607. The highest BCUT2D eigenvalue weighted by molar-refractivity contribution is 5.35. The Bertz CT molecular complexity index is 449. The van der Waals surface area contributed by atoms with E-state index in [1.807, 2.05) is 0 Å². The molecule has 1 atom stereocenters. The van der Waals surface area contributed by atoms with Crippen molar-refractivity contribution in [2.75, 3.05) is 0 Å². The molecule has 2 aliphatic rings. The molecule has 1 fully saturated rings. The van der Waals surface area contributed by atoms with Crippen LogP contribution in [-0.2, 0) is 5.41 Å². The van der Waals surface area contributed by atoms with Crippen molar-refractivity contribution < 1.29 is 0 Å². The van der Waals surface area contributed by atoms with Gasteiger partial charge in [-0.15, -0.1) is 0 Å². The molecular formula is C19H26. The van der Waals surface area contributed by atoms with Gasteiger partial charge in [0.15, 0.2) is 0 Å². The Hall–Kier alpha value is -1.04. The molecule has 0 bridgehead atoms. The maximum atomic E-state index is 2.43. The predicted octanol–water partition coefficient (Wildman–Crippen LogP) is 5.55. The second-order valence-corrected chi connectivity index (χ2v) is 6.51. The Labute approximate surface area is 117 Å². The minimum absolute atomic E-state index is 0.481. The summed E-state index contributed by atoms with van der Waals surface area (Å²) < 4.78 is 0. The van der Waals surface area contributed by atoms with Crippen LogP contribution in [0.25, 0.3) is 0 Å². The molecule has 0 radical (unpaired) electrons. The normalized spacial score (nSPS) is 26.3. The van der Waals surface area contributed by atoms with Crippen LogP contribution < -0.4 is 0 Å². The molecule has 0 heterocycles. The van der Waals surface area contributed by atoms with Gasteiger partial charge in [-0.25, -0.2) is 0 Å². The smallest absolute Gasteiger partial charge is 0.00131 e. The van der Waals surface area contributed by atoms with Crippen molar-refractivity contribution in [3.8, 4) is 0 Å². The molecule has 0 spiro atoms. The lowest BCUT2D eigenvalue weighted by molar-refractivity contribution is 0.177. The fourth-order valence-electron chi connectivity index (χ4n) is 4.51. The number of hydrogen-bond donors (Lipinski definition) is 0. The average Bonchev–Trinajstić information content (AvgIpc) is 2.49. The van der Waals surface area contributed by atoms with Crippen molar-refractivity contribution in [3.63, 3.8) is 0 Å². The standard InChI is InChI=1S/C19H26/c1-16-10-6-7-13-18(16)19(14-8-3-9-15-19)17-11-4-2-5-12-17/h2,4,6-7,10,13,17H,3,5,8-9,11-12,14-15H2,1H3. The molecule has 0 saturated heterocycles. The Morgan fingerprint density at radius 3 is 2.47 bits per heavy atom. The van der Waals surface area contributed by atoms with Crippen molar-refractivity contribution in [3.05, 3.63) is 47.5 Å². The highest BCUT2D eigenvalue weighted by Gasteiger charge is 2.41. The third kappa shape index (κ3) is 2.38. The van der Waals surface area contributed by atoms with Crippen LogP contribution in [0.2, 0.25) is 0 Å². The molecule has 1 aromatic carbocycles. The van der Waals surface area contributed by atoms with Gasteiger partial charge in [-0.2, -0.15) is 0 Å². The first-order valence-corrected chi connectivity index (χ1v) is 8.04. The minimum Gasteiger partial charge on any atom is -0.0885 e. The maximum Gasteiger partial charge on any atom is -0.00131 e. The second kappa shape index (κ2) is 5.53. The lowest BCUT2D eigenvalue weighted by Gasteiger charge is -2.46. The van der Waals surface area contributed by atoms with E-state index >= 15 is 0 Å². The average molecular weight is 254 g/mol. The molecule has 102 valence electrons. The van der Waals surface area contributed by atoms with Crippen molar-refractivity contribution >= 4 is 0 Å². The SMILES string of the molecule is Cc1ccccc1C1(C2CC=CCC2)CCCCC1. The van der Waals surface area contributed by atoms with E-state index in [9.17, 15) is 0 Å². The maximum absolute atomic E-state index is 2.43. The molecule has 0 nitrogen and oxygen atoms in total. The van der Waals surface area contributed by atoms with Gasteiger partial charge in [-0.05, 0) is 61.5 Å². The van der Waals surface area contributed by atoms with E-state index in [-0.39, 0.29) is 0 Å². The largest absolute Gasteiger partial charge is 0.0885 e. The Kier molecular flexibility index (Phi) is 3.77. The molecular weight excluding hydrogens is 228 g/mol. The molecule has 1 aromatic rings. The summed E-state index contributed by atoms with van der Waals surface area (Å²) in [6.07, 6.45) is 15.9. The molecule has 0 aliphatic heterocycles. The summed E-state index contributed by atoms with van der Waals surface area (Å²) in [5.74, 6) is 0.874. The van der Waals surface area contributed by atoms with Gasteiger partial charge in [0, 0.05) is 0 Å². The van der Waals surface area contributed by atoms with E-state index < -0.39 is 0 Å². The molecule has 0 heteroatoms. The molecule has 3 rings (SSSR count). The zero-order valence-corrected chi connectivity index (χ0v) is 12.2. The van der Waals surface area contributed by atoms with Gasteiger partial charge >= 0.3 is 0 Å². The van der Waals surface area contributed by atoms with Crippen molar-refractivity contribution in [1.29, 1.82) is 0 Å². The van der Waals surface area contributed by atoms with E-state index in [0.717, 1.165) is 5.92 Å². The van der Waals surface area contributed by atoms with Crippen LogP contribution >= 0.6 is 0 Å². The summed E-state index contributed by atoms with van der Waals surface area (Å²) >= 11 is 0. The fourth-order valence-corrected chi connectivity index (χ4v) is 4.51. The molecule has 0 N–H and O–H groups in total. The molecule has 1 unspecified atom stereocenters. The highest BCUT2D eigenvalue weighted by atomic mass is 14.4. The van der Waals surface area contributed by atoms with Crippen LogP contribution in [0, 0.1) is 12.8 Å². The Morgan fingerprint density at radius 2 is 1.79 bits per heavy atom. The number of aryl methyl sites for hydroxylation is 1. The monoisotopic (exact) mass is 254 g/mol. The number of allylic oxidation sites excluding steroid dienone is 2. The Balaban J connectivity index is 2.01. The van der Waals surface area contributed by atoms with Crippen molar-refractivity contribution in [2.45, 2.75) is 63.7 Å². The van der Waals surface area contributed by atoms with Crippen LogP contribution in [0.4, 0.5) is 0 Å². The second-order valence-electron chi connectivity index (χ2n) is 6.51. The molecule has 0 aromatic heterocycles. The third-order valence-corrected chi connectivity index (χ3v) is 5.48. The predicted molar refractivity (Wildman–Crippen MR) is 82.4 cm³/mol. The zero-order chi connectivity index (χ0) is 13.1. The van der Waals surface area contributed by atoms with Gasteiger partial charge in [-0.3, -0.25) is 0 Å². The van der Waals surface area contributed by atoms with Gasteiger partial charge in [-0.1, -0.05) is 55.7 Å². The molecule has 2 aliphatic carbocycles. The van der Waals surface area contributed by atoms with Crippen LogP contribution in [0.3, 0.4) is 0 Å². The number of rotatable bonds is 2. The lowest BCUT2D eigenvalue weighted by Crippen LogP contribution is -2.38. The summed E-state index contributed by atoms with van der Waals surface area (Å²) in [7, 11) is 0. The third-order valence-electron chi connectivity index (χ3n) is 5.48. The first-order chi connectivity index (χ1) is 9.33. The lowest BCUT2D eigenvalue weighted by atomic mass is 9.58. The number of hydrogen-bond acceptors (Lipinski definition) is 0. The molecule has 0 amide bonds. The summed E-state index contributed by atoms with van der Waals surface area (Å²) in [6.45, 7) is 2.31. The van der Waals surface area contributed by atoms with E-state index in [0.29, 0.717) is 5.41 Å². The van der Waals surface area contributed by atoms with E-state index in [1.54, 1.807) is 5.56 Å². The van der Waals surface area contributed by atoms with Crippen LogP contribution in [0.1, 0.15) is 62.5 Å². The highest BCUT2D eigenvalue weighted by Crippen LogP contribution is 2.49. The minimum atomic E-state index is 0.481. The van der Waals surface area contributed by atoms with Gasteiger partial charge in [0.1, 0.15) is 0 Å². The summed E-state index contributed by atoms with van der Waals surface area (Å²) in [5.41, 5.74) is 3.66. The summed E-state index contributed by atoms with van der Waals surface area (Å²) in [6, 6.07) is 9.16. The first kappa shape index (κ1) is 13.0. The van der Waals surface area contributed by atoms with Crippen LogP contribution in [0.15, 0.2) is 36.4 Å². The van der Waals surface area contributed by atoms with Crippen LogP contribution in [0.5, 0.6) is 0 Å². The fraction of sp³-hybridized carbons (Fsp3) is 0.579. The summed E-state index contributed by atoms with van der Waals surface area (Å²) in [5, 5.41) is 0. The van der Waals surface area contributed by atoms with Gasteiger partial charge < -0.3 is 0 Å². The van der Waals surface area contributed by atoms with E-state index in [4.69, 9.17) is 0 Å². The summed E-state index contributed by atoms with van der Waals surface area (Å²) in [4.78, 5) is 0. The first-order valence-electron chi connectivity index (χ1n) is 8.04. The molecule has 19 heavy (non-hydrogen) atoms. The van der Waals surface area contributed by atoms with E-state index in [1.165, 1.54) is 56.9 Å². The van der Waals surface area contributed by atoms with Gasteiger partial charge in [0.05, 0.1) is 0 Å². The Morgan fingerprint density at radius 1 is 1.00 bits per heavy atom. The topological polar surface area (TPSA) is 0 Å². The number of benzene rings is 1. The van der Waals surface area contributed by atoms with E-state index in [2.05, 4.69) is 43.3 Å². The van der Waals surface area contributed by atoms with Gasteiger partial charge in [0.2, 0.25) is 0 Å². The zero-order valence-electron chi connectivity index (χ0n) is 12.2. The van der Waals surface area contributed by atoms with Crippen LogP contribution in [-0.4, -0.2) is 0 Å². The van der Waals surface area contributed by atoms with Crippen molar-refractivity contribution in [2.24, 2.45) is 5.92 Å². The molecule has 1 saturated carbocycles.